The van der Waals surface area contributed by atoms with Crippen LogP contribution in [0.5, 0.6) is 5.75 Å². The molecule has 0 saturated heterocycles. The summed E-state index contributed by atoms with van der Waals surface area (Å²) < 4.78 is 10.5. The van der Waals surface area contributed by atoms with Crippen molar-refractivity contribution in [2.45, 2.75) is 13.8 Å². The number of ether oxygens (including phenoxy) is 2. The maximum absolute atomic E-state index is 12.0. The van der Waals surface area contributed by atoms with Crippen LogP contribution in [0.15, 0.2) is 42.5 Å². The zero-order chi connectivity index (χ0) is 19.1. The number of halogens is 2. The van der Waals surface area contributed by atoms with E-state index in [0.717, 1.165) is 0 Å². The molecule has 2 aromatic rings. The van der Waals surface area contributed by atoms with Crippen LogP contribution in [0.2, 0.25) is 10.0 Å². The molecule has 2 aromatic carbocycles. The number of anilines is 1. The van der Waals surface area contributed by atoms with E-state index in [1.807, 2.05) is 13.8 Å². The molecule has 0 bridgehead atoms. The molecule has 0 aliphatic rings. The maximum atomic E-state index is 12.0. The summed E-state index contributed by atoms with van der Waals surface area (Å²) in [7, 11) is 0. The van der Waals surface area contributed by atoms with E-state index in [1.165, 1.54) is 6.07 Å². The summed E-state index contributed by atoms with van der Waals surface area (Å²) in [5.74, 6) is -0.158. The molecule has 0 spiro atoms. The number of hydrogen-bond acceptors (Lipinski definition) is 4. The van der Waals surface area contributed by atoms with Gasteiger partial charge in [-0.05, 0) is 42.3 Å². The minimum Gasteiger partial charge on any atom is -0.482 e. The van der Waals surface area contributed by atoms with Gasteiger partial charge in [-0.3, -0.25) is 4.79 Å². The van der Waals surface area contributed by atoms with E-state index in [4.69, 9.17) is 32.7 Å². The van der Waals surface area contributed by atoms with Crippen molar-refractivity contribution in [1.82, 2.24) is 0 Å². The van der Waals surface area contributed by atoms with Crippen LogP contribution in [0, 0.1) is 5.92 Å². The van der Waals surface area contributed by atoms with E-state index in [9.17, 15) is 9.59 Å². The first-order valence-electron chi connectivity index (χ1n) is 8.00. The standard InChI is InChI=1S/C19H19Cl2NO4/c1-12(2)10-26-19(24)13-3-6-15(7-4-13)22-18(23)11-25-17-9-14(20)5-8-16(17)21/h3-9,12H,10-11H2,1-2H3,(H,22,23). The molecule has 0 fully saturated rings. The molecule has 2 rings (SSSR count). The highest BCUT2D eigenvalue weighted by Crippen LogP contribution is 2.27. The van der Waals surface area contributed by atoms with Gasteiger partial charge in [0.1, 0.15) is 5.75 Å². The Labute approximate surface area is 162 Å². The summed E-state index contributed by atoms with van der Waals surface area (Å²) in [5.41, 5.74) is 0.960. The lowest BCUT2D eigenvalue weighted by atomic mass is 10.2. The van der Waals surface area contributed by atoms with Gasteiger partial charge in [-0.2, -0.15) is 0 Å². The van der Waals surface area contributed by atoms with Crippen molar-refractivity contribution >= 4 is 40.8 Å². The van der Waals surface area contributed by atoms with Crippen molar-refractivity contribution < 1.29 is 19.1 Å². The fraction of sp³-hybridized carbons (Fsp3) is 0.263. The van der Waals surface area contributed by atoms with E-state index in [2.05, 4.69) is 5.32 Å². The lowest BCUT2D eigenvalue weighted by Crippen LogP contribution is -2.20. The van der Waals surface area contributed by atoms with Gasteiger partial charge in [-0.25, -0.2) is 4.79 Å². The molecule has 138 valence electrons. The molecule has 1 amide bonds. The van der Waals surface area contributed by atoms with Gasteiger partial charge in [-0.1, -0.05) is 37.0 Å². The van der Waals surface area contributed by atoms with Gasteiger partial charge in [0.25, 0.3) is 5.91 Å². The smallest absolute Gasteiger partial charge is 0.338 e. The van der Waals surface area contributed by atoms with Gasteiger partial charge in [0, 0.05) is 16.8 Å². The van der Waals surface area contributed by atoms with Crippen molar-refractivity contribution in [3.8, 4) is 5.75 Å². The average Bonchev–Trinajstić information content (AvgIpc) is 2.61. The molecule has 0 aromatic heterocycles. The first-order valence-corrected chi connectivity index (χ1v) is 8.75. The largest absolute Gasteiger partial charge is 0.482 e. The van der Waals surface area contributed by atoms with Crippen molar-refractivity contribution in [3.05, 3.63) is 58.1 Å². The number of benzene rings is 2. The highest BCUT2D eigenvalue weighted by molar-refractivity contribution is 6.34. The normalized spacial score (nSPS) is 10.5. The number of esters is 1. The summed E-state index contributed by atoms with van der Waals surface area (Å²) >= 11 is 11.8. The molecule has 0 radical (unpaired) electrons. The molecular weight excluding hydrogens is 377 g/mol. The summed E-state index contributed by atoms with van der Waals surface area (Å²) in [6.45, 7) is 4.06. The highest BCUT2D eigenvalue weighted by atomic mass is 35.5. The Bertz CT molecular complexity index is 776. The van der Waals surface area contributed by atoms with E-state index < -0.39 is 5.97 Å². The molecule has 1 N–H and O–H groups in total. The number of carbonyl (C=O) groups is 2. The van der Waals surface area contributed by atoms with E-state index in [1.54, 1.807) is 36.4 Å². The van der Waals surface area contributed by atoms with Crippen molar-refractivity contribution in [2.24, 2.45) is 5.92 Å². The fourth-order valence-corrected chi connectivity index (χ4v) is 2.28. The van der Waals surface area contributed by atoms with Crippen LogP contribution in [-0.4, -0.2) is 25.1 Å². The van der Waals surface area contributed by atoms with Gasteiger partial charge in [0.05, 0.1) is 17.2 Å². The van der Waals surface area contributed by atoms with Crippen LogP contribution in [0.25, 0.3) is 0 Å². The third-order valence-electron chi connectivity index (χ3n) is 3.20. The Kier molecular flexibility index (Phi) is 7.30. The fourth-order valence-electron chi connectivity index (χ4n) is 1.94. The van der Waals surface area contributed by atoms with Crippen molar-refractivity contribution in [1.29, 1.82) is 0 Å². The topological polar surface area (TPSA) is 64.6 Å². The summed E-state index contributed by atoms with van der Waals surface area (Å²) in [5, 5.41) is 3.50. The second kappa shape index (κ2) is 9.46. The predicted octanol–water partition coefficient (Wildman–Crippen LogP) is 4.82. The van der Waals surface area contributed by atoms with Crippen LogP contribution >= 0.6 is 23.2 Å². The quantitative estimate of drug-likeness (QED) is 0.682. The molecule has 0 aliphatic heterocycles. The van der Waals surface area contributed by atoms with Gasteiger partial charge < -0.3 is 14.8 Å². The number of rotatable bonds is 7. The van der Waals surface area contributed by atoms with Crippen LogP contribution in [0.3, 0.4) is 0 Å². The molecular formula is C19H19Cl2NO4. The second-order valence-corrected chi connectivity index (χ2v) is 6.82. The van der Waals surface area contributed by atoms with Crippen LogP contribution in [0.4, 0.5) is 5.69 Å². The molecule has 0 saturated carbocycles. The number of carbonyl (C=O) groups excluding carboxylic acids is 2. The van der Waals surface area contributed by atoms with Crippen LogP contribution in [0.1, 0.15) is 24.2 Å². The van der Waals surface area contributed by atoms with Crippen LogP contribution in [-0.2, 0) is 9.53 Å². The molecule has 0 unspecified atom stereocenters. The van der Waals surface area contributed by atoms with E-state index in [0.29, 0.717) is 33.7 Å². The Morgan fingerprint density at radius 3 is 2.42 bits per heavy atom. The number of hydrogen-bond donors (Lipinski definition) is 1. The van der Waals surface area contributed by atoms with E-state index >= 15 is 0 Å². The van der Waals surface area contributed by atoms with E-state index in [-0.39, 0.29) is 18.4 Å². The molecule has 0 heterocycles. The molecule has 5 nitrogen and oxygen atoms in total. The number of amides is 1. The Balaban J connectivity index is 1.87. The van der Waals surface area contributed by atoms with Crippen LogP contribution < -0.4 is 10.1 Å². The summed E-state index contributed by atoms with van der Waals surface area (Å²) in [6.07, 6.45) is 0. The third-order valence-corrected chi connectivity index (χ3v) is 3.75. The highest BCUT2D eigenvalue weighted by Gasteiger charge is 2.10. The van der Waals surface area contributed by atoms with Gasteiger partial charge >= 0.3 is 5.97 Å². The minimum absolute atomic E-state index is 0.224. The minimum atomic E-state index is -0.393. The summed E-state index contributed by atoms with van der Waals surface area (Å²) in [4.78, 5) is 23.8. The number of nitrogens with one attached hydrogen (secondary N) is 1. The first-order chi connectivity index (χ1) is 12.3. The SMILES string of the molecule is CC(C)COC(=O)c1ccc(NC(=O)COc2cc(Cl)ccc2Cl)cc1. The Morgan fingerprint density at radius 2 is 1.77 bits per heavy atom. The second-order valence-electron chi connectivity index (χ2n) is 5.98. The molecule has 0 atom stereocenters. The predicted molar refractivity (Wildman–Crippen MR) is 102 cm³/mol. The zero-order valence-electron chi connectivity index (χ0n) is 14.4. The molecule has 26 heavy (non-hydrogen) atoms. The molecule has 0 aliphatic carbocycles. The van der Waals surface area contributed by atoms with Gasteiger partial charge in [0.2, 0.25) is 0 Å². The Hall–Kier alpha value is -2.24. The lowest BCUT2D eigenvalue weighted by molar-refractivity contribution is -0.118. The Morgan fingerprint density at radius 1 is 1.08 bits per heavy atom. The van der Waals surface area contributed by atoms with Gasteiger partial charge in [0.15, 0.2) is 6.61 Å². The summed E-state index contributed by atoms with van der Waals surface area (Å²) in [6, 6.07) is 11.2. The third kappa shape index (κ3) is 6.24. The maximum Gasteiger partial charge on any atom is 0.338 e. The van der Waals surface area contributed by atoms with Crippen molar-refractivity contribution in [3.63, 3.8) is 0 Å². The molecule has 7 heteroatoms. The lowest BCUT2D eigenvalue weighted by Gasteiger charge is -2.10. The van der Waals surface area contributed by atoms with Crippen molar-refractivity contribution in [2.75, 3.05) is 18.5 Å². The zero-order valence-corrected chi connectivity index (χ0v) is 15.9. The monoisotopic (exact) mass is 395 g/mol. The van der Waals surface area contributed by atoms with Gasteiger partial charge in [-0.15, -0.1) is 0 Å². The first kappa shape index (κ1) is 20.1. The average molecular weight is 396 g/mol.